The number of rotatable bonds is 8. The topological polar surface area (TPSA) is 12.0 Å². The maximum absolute atomic E-state index is 13.8. The molecule has 0 aromatic heterocycles. The quantitative estimate of drug-likeness (QED) is 0.393. The zero-order chi connectivity index (χ0) is 15.9. The van der Waals surface area contributed by atoms with Crippen molar-refractivity contribution in [1.82, 2.24) is 5.32 Å². The van der Waals surface area contributed by atoms with E-state index in [1.54, 1.807) is 7.05 Å². The molecule has 1 atom stereocenters. The number of nitrogens with one attached hydrogen (secondary N) is 1. The molecule has 1 aromatic carbocycles. The molecule has 5 heteroatoms. The normalized spacial score (nSPS) is 13.2. The van der Waals surface area contributed by atoms with E-state index >= 15 is 0 Å². The first-order valence-electron chi connectivity index (χ1n) is 7.05. The van der Waals surface area contributed by atoms with E-state index in [2.05, 4.69) is 11.9 Å². The minimum absolute atomic E-state index is 0.0797. The van der Waals surface area contributed by atoms with Crippen LogP contribution in [0.25, 0.3) is 0 Å². The first-order valence-corrected chi connectivity index (χ1v) is 7.05. The molecule has 1 nitrogen and oxygen atoms in total. The van der Waals surface area contributed by atoms with Crippen molar-refractivity contribution in [2.45, 2.75) is 44.3 Å². The summed E-state index contributed by atoms with van der Waals surface area (Å²) in [5.74, 6) is -0.603. The lowest BCUT2D eigenvalue weighted by Gasteiger charge is -2.19. The van der Waals surface area contributed by atoms with Gasteiger partial charge < -0.3 is 5.32 Å². The zero-order valence-corrected chi connectivity index (χ0v) is 12.1. The average Bonchev–Trinajstić information content (AvgIpc) is 2.43. The van der Waals surface area contributed by atoms with Gasteiger partial charge in [0.1, 0.15) is 5.82 Å². The van der Waals surface area contributed by atoms with Crippen LogP contribution in [-0.2, 0) is 6.18 Å². The molecule has 0 amide bonds. The summed E-state index contributed by atoms with van der Waals surface area (Å²) in [6.45, 7) is 3.63. The second kappa shape index (κ2) is 8.17. The Morgan fingerprint density at radius 1 is 1.24 bits per heavy atom. The number of allylic oxidation sites excluding steroid dienone is 1. The van der Waals surface area contributed by atoms with Gasteiger partial charge in [0.25, 0.3) is 0 Å². The fraction of sp³-hybridized carbons (Fsp3) is 0.500. The number of unbranched alkanes of at least 4 members (excludes halogenated alkanes) is 3. The molecular weight excluding hydrogens is 282 g/mol. The van der Waals surface area contributed by atoms with Crippen molar-refractivity contribution >= 4 is 0 Å². The lowest BCUT2D eigenvalue weighted by molar-refractivity contribution is -0.137. The number of alkyl halides is 3. The molecule has 1 rings (SSSR count). The van der Waals surface area contributed by atoms with Gasteiger partial charge in [-0.2, -0.15) is 13.2 Å². The molecule has 0 aliphatic rings. The van der Waals surface area contributed by atoms with Crippen LogP contribution in [0.1, 0.15) is 49.3 Å². The largest absolute Gasteiger partial charge is 0.416 e. The van der Waals surface area contributed by atoms with E-state index in [0.717, 1.165) is 43.9 Å². The van der Waals surface area contributed by atoms with Gasteiger partial charge in [0, 0.05) is 11.6 Å². The Morgan fingerprint density at radius 2 is 1.95 bits per heavy atom. The van der Waals surface area contributed by atoms with Crippen molar-refractivity contribution in [2.75, 3.05) is 7.05 Å². The molecule has 1 unspecified atom stereocenters. The van der Waals surface area contributed by atoms with Crippen molar-refractivity contribution in [3.05, 3.63) is 47.8 Å². The molecule has 0 spiro atoms. The lowest BCUT2D eigenvalue weighted by Crippen LogP contribution is -2.19. The molecular formula is C16H21F4N. The second-order valence-electron chi connectivity index (χ2n) is 5.00. The lowest BCUT2D eigenvalue weighted by atomic mass is 9.97. The van der Waals surface area contributed by atoms with Gasteiger partial charge in [-0.25, -0.2) is 4.39 Å². The van der Waals surface area contributed by atoms with E-state index in [4.69, 9.17) is 0 Å². The number of hydrogen-bond donors (Lipinski definition) is 1. The van der Waals surface area contributed by atoms with Crippen LogP contribution < -0.4 is 5.32 Å². The highest BCUT2D eigenvalue weighted by Gasteiger charge is 2.31. The van der Waals surface area contributed by atoms with E-state index < -0.39 is 23.6 Å². The van der Waals surface area contributed by atoms with Crippen molar-refractivity contribution in [3.8, 4) is 0 Å². The Hall–Kier alpha value is -1.36. The van der Waals surface area contributed by atoms with Crippen molar-refractivity contribution in [3.63, 3.8) is 0 Å². The highest BCUT2D eigenvalue weighted by atomic mass is 19.4. The predicted molar refractivity (Wildman–Crippen MR) is 76.5 cm³/mol. The van der Waals surface area contributed by atoms with E-state index in [9.17, 15) is 17.6 Å². The molecule has 0 aliphatic carbocycles. The molecule has 0 aliphatic heterocycles. The summed E-state index contributed by atoms with van der Waals surface area (Å²) in [4.78, 5) is 0. The molecule has 1 N–H and O–H groups in total. The molecule has 1 aromatic rings. The highest BCUT2D eigenvalue weighted by molar-refractivity contribution is 5.29. The van der Waals surface area contributed by atoms with Crippen LogP contribution in [0.5, 0.6) is 0 Å². The first-order chi connectivity index (χ1) is 9.90. The Bertz CT molecular complexity index is 454. The van der Waals surface area contributed by atoms with Crippen LogP contribution >= 0.6 is 0 Å². The summed E-state index contributed by atoms with van der Waals surface area (Å²) >= 11 is 0. The fourth-order valence-corrected chi connectivity index (χ4v) is 2.26. The third-order valence-corrected chi connectivity index (χ3v) is 3.45. The number of benzene rings is 1. The Balaban J connectivity index is 2.77. The first kappa shape index (κ1) is 17.7. The molecule has 0 heterocycles. The standard InChI is InChI=1S/C16H21F4N/c1-3-4-5-6-7-8-15(21-2)13-11-12(16(18,19)20)9-10-14(13)17/h3,9-11,15,21H,1,4-8H2,2H3. The monoisotopic (exact) mass is 303 g/mol. The molecule has 0 bridgehead atoms. The van der Waals surface area contributed by atoms with Gasteiger partial charge in [-0.15, -0.1) is 6.58 Å². The summed E-state index contributed by atoms with van der Waals surface area (Å²) in [5, 5.41) is 2.90. The van der Waals surface area contributed by atoms with Gasteiger partial charge in [-0.1, -0.05) is 18.9 Å². The maximum Gasteiger partial charge on any atom is 0.416 e. The van der Waals surface area contributed by atoms with E-state index in [1.807, 2.05) is 6.08 Å². The Morgan fingerprint density at radius 3 is 2.52 bits per heavy atom. The molecule has 0 saturated heterocycles. The van der Waals surface area contributed by atoms with Crippen LogP contribution in [0.15, 0.2) is 30.9 Å². The summed E-state index contributed by atoms with van der Waals surface area (Å²) in [7, 11) is 1.63. The van der Waals surface area contributed by atoms with Gasteiger partial charge in [0.2, 0.25) is 0 Å². The van der Waals surface area contributed by atoms with Crippen LogP contribution in [-0.4, -0.2) is 7.05 Å². The van der Waals surface area contributed by atoms with Crippen molar-refractivity contribution in [2.24, 2.45) is 0 Å². The van der Waals surface area contributed by atoms with E-state index in [0.29, 0.717) is 6.42 Å². The van der Waals surface area contributed by atoms with Crippen molar-refractivity contribution < 1.29 is 17.6 Å². The third kappa shape index (κ3) is 5.50. The van der Waals surface area contributed by atoms with Crippen LogP contribution in [0.4, 0.5) is 17.6 Å². The van der Waals surface area contributed by atoms with Gasteiger partial charge in [-0.05, 0) is 44.5 Å². The maximum atomic E-state index is 13.8. The summed E-state index contributed by atoms with van der Waals surface area (Å²) in [6.07, 6.45) is 1.67. The van der Waals surface area contributed by atoms with Gasteiger partial charge in [0.05, 0.1) is 5.56 Å². The SMILES string of the molecule is C=CCCCCCC(NC)c1cc(C(F)(F)F)ccc1F. The Labute approximate surface area is 123 Å². The molecule has 0 fully saturated rings. The number of halogens is 4. The molecule has 118 valence electrons. The van der Waals surface area contributed by atoms with E-state index in [1.165, 1.54) is 0 Å². The summed E-state index contributed by atoms with van der Waals surface area (Å²) in [6, 6.07) is 2.16. The molecule has 21 heavy (non-hydrogen) atoms. The summed E-state index contributed by atoms with van der Waals surface area (Å²) < 4.78 is 51.9. The minimum atomic E-state index is -4.45. The van der Waals surface area contributed by atoms with Crippen LogP contribution in [0.3, 0.4) is 0 Å². The molecule has 0 radical (unpaired) electrons. The minimum Gasteiger partial charge on any atom is -0.313 e. The third-order valence-electron chi connectivity index (χ3n) is 3.45. The Kier molecular flexibility index (Phi) is 6.89. The zero-order valence-electron chi connectivity index (χ0n) is 12.1. The predicted octanol–water partition coefficient (Wildman–Crippen LogP) is 5.24. The van der Waals surface area contributed by atoms with Crippen LogP contribution in [0.2, 0.25) is 0 Å². The van der Waals surface area contributed by atoms with E-state index in [-0.39, 0.29) is 5.56 Å². The van der Waals surface area contributed by atoms with Crippen molar-refractivity contribution in [1.29, 1.82) is 0 Å². The molecule has 0 saturated carbocycles. The fourth-order valence-electron chi connectivity index (χ4n) is 2.26. The van der Waals surface area contributed by atoms with Crippen LogP contribution in [0, 0.1) is 5.82 Å². The van der Waals surface area contributed by atoms with Gasteiger partial charge in [0.15, 0.2) is 0 Å². The number of hydrogen-bond acceptors (Lipinski definition) is 1. The highest BCUT2D eigenvalue weighted by Crippen LogP contribution is 2.32. The second-order valence-corrected chi connectivity index (χ2v) is 5.00. The average molecular weight is 303 g/mol. The summed E-state index contributed by atoms with van der Waals surface area (Å²) in [5.41, 5.74) is -0.734. The van der Waals surface area contributed by atoms with Gasteiger partial charge >= 0.3 is 6.18 Å². The van der Waals surface area contributed by atoms with Gasteiger partial charge in [-0.3, -0.25) is 0 Å². The smallest absolute Gasteiger partial charge is 0.313 e.